The average molecular weight is 611 g/mol. The largest absolute Gasteiger partial charge is 0.262 e. The third-order valence-electron chi connectivity index (χ3n) is 11.9. The molecule has 0 N–H and O–H groups in total. The van der Waals surface area contributed by atoms with Crippen molar-refractivity contribution in [3.63, 3.8) is 0 Å². The van der Waals surface area contributed by atoms with Crippen molar-refractivity contribution in [3.05, 3.63) is 78.0 Å². The smallest absolute Gasteiger partial charge is 0.227 e. The van der Waals surface area contributed by atoms with Gasteiger partial charge in [0.05, 0.1) is 12.6 Å². The van der Waals surface area contributed by atoms with Gasteiger partial charge in [-0.1, -0.05) is 57.8 Å². The van der Waals surface area contributed by atoms with E-state index in [0.29, 0.717) is 0 Å². The highest BCUT2D eigenvalue weighted by molar-refractivity contribution is 7.23. The second-order valence-electron chi connectivity index (χ2n) is 13.8. The molecule has 0 radical (unpaired) electrons. The second-order valence-corrected chi connectivity index (χ2v) is 15.9. The SMILES string of the molecule is [C-]#[N+]/C(C#N)=C\C1=Cc2sc3c(c2C12CCCCC2)C1(CCCCC1)c1c-3sc2c1C1(CCCCC1)C(C=C(C#N)C#N)=C2. The van der Waals surface area contributed by atoms with Gasteiger partial charge in [-0.3, -0.25) is 0 Å². The van der Waals surface area contributed by atoms with Crippen molar-refractivity contribution in [1.82, 2.24) is 0 Å². The Bertz CT molecular complexity index is 1730. The molecule has 3 fully saturated rings. The fourth-order valence-corrected chi connectivity index (χ4v) is 13.2. The van der Waals surface area contributed by atoms with Gasteiger partial charge in [0.25, 0.3) is 5.70 Å². The molecular weight excluding hydrogens is 577 g/mol. The summed E-state index contributed by atoms with van der Waals surface area (Å²) >= 11 is 3.94. The predicted molar refractivity (Wildman–Crippen MR) is 177 cm³/mol. The molecule has 8 rings (SSSR count). The van der Waals surface area contributed by atoms with Gasteiger partial charge in [0.2, 0.25) is 0 Å². The molecule has 44 heavy (non-hydrogen) atoms. The predicted octanol–water partition coefficient (Wildman–Crippen LogP) is 10.5. The first-order valence-corrected chi connectivity index (χ1v) is 18.0. The lowest BCUT2D eigenvalue weighted by Crippen LogP contribution is -2.37. The molecule has 6 aliphatic rings. The summed E-state index contributed by atoms with van der Waals surface area (Å²) in [6.07, 6.45) is 26.2. The Morgan fingerprint density at radius 2 is 1.05 bits per heavy atom. The van der Waals surface area contributed by atoms with Gasteiger partial charge in [-0.2, -0.15) is 10.5 Å². The molecule has 218 valence electrons. The molecule has 3 spiro atoms. The minimum Gasteiger partial charge on any atom is -0.227 e. The highest BCUT2D eigenvalue weighted by Gasteiger charge is 2.58. The fraction of sp³-hybridized carbons (Fsp3) is 0.474. The highest BCUT2D eigenvalue weighted by Crippen LogP contribution is 2.71. The van der Waals surface area contributed by atoms with Gasteiger partial charge in [-0.15, -0.1) is 22.7 Å². The molecule has 2 aromatic rings. The van der Waals surface area contributed by atoms with E-state index in [1.807, 2.05) is 34.8 Å². The standard InChI is InChI=1S/C38H34N4S2/c1-42-27(23-41)18-26-20-29-31(37(26)13-7-3-8-14-37)33-35(44-29)34-32(38(33)15-9-4-10-16-38)30-28(43-34)19-25(17-24(21-39)22-40)36(30)11-5-2-6-12-36/h17-20H,2-16H2/b27-18-. The number of thiophene rings is 2. The van der Waals surface area contributed by atoms with Crippen LogP contribution in [-0.4, -0.2) is 0 Å². The first-order chi connectivity index (χ1) is 21.5. The minimum absolute atomic E-state index is 0.00285. The summed E-state index contributed by atoms with van der Waals surface area (Å²) in [7, 11) is 0. The number of fused-ring (bicyclic) bond motifs is 11. The molecule has 0 aliphatic heterocycles. The number of nitrogens with zero attached hydrogens (tertiary/aromatic N) is 4. The van der Waals surface area contributed by atoms with Gasteiger partial charge in [-0.25, -0.2) is 10.1 Å². The summed E-state index contributed by atoms with van der Waals surface area (Å²) in [5, 5.41) is 29.1. The van der Waals surface area contributed by atoms with Crippen LogP contribution in [0.2, 0.25) is 0 Å². The van der Waals surface area contributed by atoms with E-state index >= 15 is 0 Å². The molecule has 2 heterocycles. The lowest BCUT2D eigenvalue weighted by Gasteiger charge is -2.44. The Morgan fingerprint density at radius 1 is 0.614 bits per heavy atom. The van der Waals surface area contributed by atoms with Crippen molar-refractivity contribution in [1.29, 1.82) is 15.8 Å². The molecule has 4 nitrogen and oxygen atoms in total. The molecule has 0 unspecified atom stereocenters. The van der Waals surface area contributed by atoms with Crippen LogP contribution < -0.4 is 0 Å². The number of hydrogen-bond donors (Lipinski definition) is 0. The molecule has 2 aromatic heterocycles. The van der Waals surface area contributed by atoms with Crippen LogP contribution >= 0.6 is 22.7 Å². The van der Waals surface area contributed by atoms with Gasteiger partial charge >= 0.3 is 0 Å². The highest BCUT2D eigenvalue weighted by atomic mass is 32.1. The maximum absolute atomic E-state index is 9.70. The number of nitriles is 3. The van der Waals surface area contributed by atoms with Crippen LogP contribution in [0.3, 0.4) is 0 Å². The Balaban J connectivity index is 1.37. The van der Waals surface area contributed by atoms with Gasteiger partial charge < -0.3 is 0 Å². The van der Waals surface area contributed by atoms with Crippen molar-refractivity contribution in [2.24, 2.45) is 0 Å². The summed E-state index contributed by atoms with van der Waals surface area (Å²) in [6.45, 7) is 7.61. The zero-order chi connectivity index (χ0) is 30.1. The van der Waals surface area contributed by atoms with Crippen LogP contribution in [0.4, 0.5) is 0 Å². The monoisotopic (exact) mass is 610 g/mol. The van der Waals surface area contributed by atoms with Crippen LogP contribution in [0, 0.1) is 40.6 Å². The summed E-state index contributed by atoms with van der Waals surface area (Å²) < 4.78 is 0. The molecule has 0 atom stereocenters. The maximum atomic E-state index is 9.70. The number of allylic oxidation sites excluding steroid dienone is 6. The van der Waals surface area contributed by atoms with E-state index in [9.17, 15) is 15.8 Å². The Labute approximate surface area is 268 Å². The van der Waals surface area contributed by atoms with E-state index in [2.05, 4.69) is 35.2 Å². The molecule has 6 aliphatic carbocycles. The Morgan fingerprint density at radius 3 is 1.45 bits per heavy atom. The number of rotatable bonds is 2. The quantitative estimate of drug-likeness (QED) is 0.251. The normalized spacial score (nSPS) is 23.0. The summed E-state index contributed by atoms with van der Waals surface area (Å²) in [4.78, 5) is 9.29. The third kappa shape index (κ3) is 3.57. The van der Waals surface area contributed by atoms with Crippen molar-refractivity contribution < 1.29 is 0 Å². The average Bonchev–Trinajstić information content (AvgIpc) is 3.82. The van der Waals surface area contributed by atoms with Gasteiger partial charge in [0.1, 0.15) is 17.7 Å². The van der Waals surface area contributed by atoms with E-state index in [1.54, 1.807) is 22.3 Å². The van der Waals surface area contributed by atoms with Crippen LogP contribution in [0.25, 0.3) is 26.8 Å². The van der Waals surface area contributed by atoms with E-state index in [4.69, 9.17) is 6.57 Å². The maximum Gasteiger partial charge on any atom is 0.262 e. The van der Waals surface area contributed by atoms with Gasteiger partial charge in [0.15, 0.2) is 0 Å². The van der Waals surface area contributed by atoms with Gasteiger partial charge in [0, 0.05) is 35.8 Å². The zero-order valence-corrected chi connectivity index (χ0v) is 26.7. The van der Waals surface area contributed by atoms with Gasteiger partial charge in [-0.05, 0) is 96.2 Å². The van der Waals surface area contributed by atoms with Crippen LogP contribution in [0.1, 0.15) is 128 Å². The molecule has 0 amide bonds. The minimum atomic E-state index is -0.107. The first kappa shape index (κ1) is 27.8. The molecule has 0 aromatic carbocycles. The fourth-order valence-electron chi connectivity index (χ4n) is 10.1. The van der Waals surface area contributed by atoms with Crippen molar-refractivity contribution >= 4 is 34.8 Å². The molecule has 0 bridgehead atoms. The summed E-state index contributed by atoms with van der Waals surface area (Å²) in [5.41, 5.74) is 8.87. The second kappa shape index (κ2) is 10.2. The number of hydrogen-bond acceptors (Lipinski definition) is 5. The van der Waals surface area contributed by atoms with E-state index in [0.717, 1.165) is 25.7 Å². The van der Waals surface area contributed by atoms with Crippen molar-refractivity contribution in [3.8, 4) is 28.0 Å². The van der Waals surface area contributed by atoms with Crippen LogP contribution in [-0.2, 0) is 16.2 Å². The van der Waals surface area contributed by atoms with E-state index < -0.39 is 0 Å². The lowest BCUT2D eigenvalue weighted by atomic mass is 9.58. The molecular formula is C38H34N4S2. The lowest BCUT2D eigenvalue weighted by molar-refractivity contribution is 0.312. The topological polar surface area (TPSA) is 75.7 Å². The Hall–Kier alpha value is -3.68. The molecule has 0 saturated heterocycles. The van der Waals surface area contributed by atoms with Crippen LogP contribution in [0.5, 0.6) is 0 Å². The summed E-state index contributed by atoms with van der Waals surface area (Å²) in [6, 6.07) is 6.43. The molecule has 3 saturated carbocycles. The third-order valence-corrected chi connectivity index (χ3v) is 14.3. The first-order valence-electron chi connectivity index (χ1n) is 16.4. The zero-order valence-electron chi connectivity index (χ0n) is 25.0. The van der Waals surface area contributed by atoms with Crippen molar-refractivity contribution in [2.75, 3.05) is 0 Å². The van der Waals surface area contributed by atoms with E-state index in [1.165, 1.54) is 101 Å². The van der Waals surface area contributed by atoms with E-state index in [-0.39, 0.29) is 27.5 Å². The molecule has 6 heteroatoms. The van der Waals surface area contributed by atoms with Crippen molar-refractivity contribution in [2.45, 2.75) is 113 Å². The Kier molecular flexibility index (Phi) is 6.44. The summed E-state index contributed by atoms with van der Waals surface area (Å²) in [5.74, 6) is 0. The van der Waals surface area contributed by atoms with Crippen LogP contribution in [0.15, 0.2) is 34.6 Å².